The summed E-state index contributed by atoms with van der Waals surface area (Å²) in [5.74, 6) is 1.89. The molecule has 0 aromatic heterocycles. The van der Waals surface area contributed by atoms with E-state index < -0.39 is 5.91 Å². The third-order valence-electron chi connectivity index (χ3n) is 7.04. The van der Waals surface area contributed by atoms with Crippen LogP contribution in [0, 0.1) is 17.8 Å². The lowest BCUT2D eigenvalue weighted by Gasteiger charge is -2.57. The van der Waals surface area contributed by atoms with Gasteiger partial charge in [-0.05, 0) is 92.7 Å². The van der Waals surface area contributed by atoms with E-state index in [0.29, 0.717) is 11.1 Å². The molecule has 4 bridgehead atoms. The van der Waals surface area contributed by atoms with Gasteiger partial charge in [0.05, 0.1) is 11.4 Å². The third kappa shape index (κ3) is 3.50. The van der Waals surface area contributed by atoms with Crippen LogP contribution in [0.1, 0.15) is 59.2 Å². The number of hydrogen-bond acceptors (Lipinski definition) is 3. The van der Waals surface area contributed by atoms with Gasteiger partial charge in [-0.1, -0.05) is 12.1 Å². The first-order chi connectivity index (χ1) is 14.0. The Morgan fingerprint density at radius 1 is 0.793 bits per heavy atom. The van der Waals surface area contributed by atoms with Gasteiger partial charge in [0.2, 0.25) is 5.91 Å². The summed E-state index contributed by atoms with van der Waals surface area (Å²) in [6, 6.07) is 14.4. The molecule has 0 saturated heterocycles. The normalized spacial score (nSPS) is 29.4. The molecular weight excluding hydrogens is 362 g/mol. The van der Waals surface area contributed by atoms with Crippen molar-refractivity contribution in [1.29, 1.82) is 0 Å². The molecule has 4 N–H and O–H groups in total. The van der Waals surface area contributed by atoms with Crippen LogP contribution >= 0.6 is 0 Å². The van der Waals surface area contributed by atoms with Crippen molar-refractivity contribution in [2.45, 2.75) is 44.1 Å². The first-order valence-corrected chi connectivity index (χ1v) is 10.6. The molecule has 5 heteroatoms. The Bertz CT molecular complexity index is 916. The number of carbonyl (C=O) groups excluding carboxylic acids is 2. The van der Waals surface area contributed by atoms with Crippen molar-refractivity contribution in [3.05, 3.63) is 59.7 Å². The van der Waals surface area contributed by atoms with Crippen molar-refractivity contribution in [3.8, 4) is 0 Å². The predicted molar refractivity (Wildman–Crippen MR) is 114 cm³/mol. The number of carbonyl (C=O) groups is 2. The zero-order valence-electron chi connectivity index (χ0n) is 16.5. The molecule has 0 atom stereocenters. The number of hydrogen-bond donors (Lipinski definition) is 3. The second-order valence-electron chi connectivity index (χ2n) is 9.26. The maximum absolute atomic E-state index is 12.8. The van der Waals surface area contributed by atoms with Crippen LogP contribution < -0.4 is 16.4 Å². The minimum Gasteiger partial charge on any atom is -0.378 e. The van der Waals surface area contributed by atoms with Gasteiger partial charge < -0.3 is 16.4 Å². The fourth-order valence-electron chi connectivity index (χ4n) is 6.23. The van der Waals surface area contributed by atoms with Crippen LogP contribution in [0.4, 0.5) is 11.4 Å². The topological polar surface area (TPSA) is 84.2 Å². The Morgan fingerprint density at radius 2 is 1.31 bits per heavy atom. The van der Waals surface area contributed by atoms with Crippen molar-refractivity contribution >= 4 is 23.2 Å². The number of amides is 2. The molecule has 4 aliphatic rings. The highest BCUT2D eigenvalue weighted by Gasteiger charge is 2.51. The fraction of sp³-hybridized carbons (Fsp3) is 0.417. The lowest BCUT2D eigenvalue weighted by atomic mass is 9.53. The van der Waals surface area contributed by atoms with Gasteiger partial charge in [-0.2, -0.15) is 0 Å². The van der Waals surface area contributed by atoms with Crippen molar-refractivity contribution in [2.75, 3.05) is 10.6 Å². The van der Waals surface area contributed by atoms with Gasteiger partial charge in [-0.3, -0.25) is 9.59 Å². The van der Waals surface area contributed by atoms with Crippen LogP contribution in [0.25, 0.3) is 0 Å². The van der Waals surface area contributed by atoms with E-state index in [4.69, 9.17) is 5.73 Å². The number of para-hydroxylation sites is 2. The summed E-state index contributed by atoms with van der Waals surface area (Å²) in [5, 5.41) is 6.90. The quantitative estimate of drug-likeness (QED) is 0.708. The van der Waals surface area contributed by atoms with Gasteiger partial charge in [0.1, 0.15) is 0 Å². The van der Waals surface area contributed by atoms with Crippen LogP contribution in [-0.2, 0) is 0 Å². The maximum atomic E-state index is 12.8. The average molecular weight is 389 g/mol. The van der Waals surface area contributed by atoms with Crippen molar-refractivity contribution < 1.29 is 9.59 Å². The average Bonchev–Trinajstić information content (AvgIpc) is 2.68. The van der Waals surface area contributed by atoms with Crippen molar-refractivity contribution in [2.24, 2.45) is 23.5 Å². The zero-order valence-corrected chi connectivity index (χ0v) is 16.5. The number of rotatable bonds is 5. The van der Waals surface area contributed by atoms with E-state index in [2.05, 4.69) is 16.7 Å². The van der Waals surface area contributed by atoms with Gasteiger partial charge in [0.15, 0.2) is 0 Å². The summed E-state index contributed by atoms with van der Waals surface area (Å²) in [6.45, 7) is 0. The molecule has 0 spiro atoms. The molecule has 150 valence electrons. The molecule has 2 amide bonds. The molecule has 2 aromatic carbocycles. The maximum Gasteiger partial charge on any atom is 0.255 e. The standard InChI is InChI=1S/C24H27N3O2/c25-22(28)18-5-7-19(8-6-18)23(29)26-20-3-1-2-4-21(20)27-24-12-15-9-16(13-24)11-17(10-15)14-24/h1-8,15-17,27H,9-14H2,(H2,25,28)(H,26,29). The molecule has 4 saturated carbocycles. The fourth-order valence-corrected chi connectivity index (χ4v) is 6.23. The van der Waals surface area contributed by atoms with Gasteiger partial charge in [-0.25, -0.2) is 0 Å². The molecule has 0 radical (unpaired) electrons. The number of anilines is 2. The summed E-state index contributed by atoms with van der Waals surface area (Å²) < 4.78 is 0. The molecule has 6 rings (SSSR count). The number of nitrogens with two attached hydrogens (primary N) is 1. The molecule has 4 fully saturated rings. The molecule has 29 heavy (non-hydrogen) atoms. The molecule has 5 nitrogen and oxygen atoms in total. The van der Waals surface area contributed by atoms with E-state index >= 15 is 0 Å². The highest BCUT2D eigenvalue weighted by molar-refractivity contribution is 6.06. The Kier molecular flexibility index (Phi) is 4.34. The van der Waals surface area contributed by atoms with E-state index in [1.54, 1.807) is 24.3 Å². The minimum atomic E-state index is -0.498. The van der Waals surface area contributed by atoms with E-state index in [-0.39, 0.29) is 11.4 Å². The number of nitrogens with one attached hydrogen (secondary N) is 2. The Balaban J connectivity index is 1.35. The Labute approximate surface area is 171 Å². The van der Waals surface area contributed by atoms with Gasteiger partial charge in [-0.15, -0.1) is 0 Å². The van der Waals surface area contributed by atoms with Crippen LogP contribution in [0.5, 0.6) is 0 Å². The second kappa shape index (κ2) is 6.90. The van der Waals surface area contributed by atoms with Crippen LogP contribution in [-0.4, -0.2) is 17.4 Å². The zero-order chi connectivity index (χ0) is 20.0. The highest BCUT2D eigenvalue weighted by Crippen LogP contribution is 2.56. The van der Waals surface area contributed by atoms with E-state index in [1.807, 2.05) is 18.2 Å². The molecule has 2 aromatic rings. The van der Waals surface area contributed by atoms with E-state index in [0.717, 1.165) is 29.1 Å². The van der Waals surface area contributed by atoms with Gasteiger partial charge in [0, 0.05) is 16.7 Å². The summed E-state index contributed by atoms with van der Waals surface area (Å²) in [5.41, 5.74) is 8.15. The highest BCUT2D eigenvalue weighted by atomic mass is 16.2. The largest absolute Gasteiger partial charge is 0.378 e. The summed E-state index contributed by atoms with van der Waals surface area (Å²) in [4.78, 5) is 24.0. The van der Waals surface area contributed by atoms with Crippen LogP contribution in [0.3, 0.4) is 0 Å². The van der Waals surface area contributed by atoms with E-state index in [9.17, 15) is 9.59 Å². The molecular formula is C24H27N3O2. The third-order valence-corrected chi connectivity index (χ3v) is 7.04. The second-order valence-corrected chi connectivity index (χ2v) is 9.26. The van der Waals surface area contributed by atoms with Gasteiger partial charge in [0.25, 0.3) is 5.91 Å². The smallest absolute Gasteiger partial charge is 0.255 e. The van der Waals surface area contributed by atoms with Crippen molar-refractivity contribution in [3.63, 3.8) is 0 Å². The van der Waals surface area contributed by atoms with Gasteiger partial charge >= 0.3 is 0 Å². The first kappa shape index (κ1) is 18.2. The molecule has 0 unspecified atom stereocenters. The van der Waals surface area contributed by atoms with Crippen LogP contribution in [0.2, 0.25) is 0 Å². The SMILES string of the molecule is NC(=O)c1ccc(C(=O)Nc2ccccc2NC23CC4CC(CC(C4)C2)C3)cc1. The summed E-state index contributed by atoms with van der Waals surface area (Å²) in [6.07, 6.45) is 7.95. The predicted octanol–water partition coefficient (Wildman–Crippen LogP) is 4.42. The van der Waals surface area contributed by atoms with Crippen molar-refractivity contribution in [1.82, 2.24) is 0 Å². The number of primary amides is 1. The van der Waals surface area contributed by atoms with Crippen LogP contribution in [0.15, 0.2) is 48.5 Å². The Morgan fingerprint density at radius 3 is 1.86 bits per heavy atom. The van der Waals surface area contributed by atoms with E-state index in [1.165, 1.54) is 38.5 Å². The molecule has 0 aliphatic heterocycles. The first-order valence-electron chi connectivity index (χ1n) is 10.6. The molecule has 0 heterocycles. The monoisotopic (exact) mass is 389 g/mol. The Hall–Kier alpha value is -2.82. The molecule has 4 aliphatic carbocycles. The summed E-state index contributed by atoms with van der Waals surface area (Å²) in [7, 11) is 0. The lowest BCUT2D eigenvalue weighted by molar-refractivity contribution is 0.0107. The lowest BCUT2D eigenvalue weighted by Crippen LogP contribution is -2.54. The number of benzene rings is 2. The summed E-state index contributed by atoms with van der Waals surface area (Å²) >= 11 is 0. The minimum absolute atomic E-state index is 0.179.